The number of non-ortho nitro benzene ring substituents is 1. The third-order valence-electron chi connectivity index (χ3n) is 3.13. The molecule has 1 aliphatic heterocycles. The lowest BCUT2D eigenvalue weighted by Gasteiger charge is -2.17. The molecule has 2 aromatic carbocycles. The first-order chi connectivity index (χ1) is 10.6. The Morgan fingerprint density at radius 2 is 1.82 bits per heavy atom. The summed E-state index contributed by atoms with van der Waals surface area (Å²) in [6.07, 6.45) is 0.561. The predicted molar refractivity (Wildman–Crippen MR) is 92.1 cm³/mol. The SMILES string of the molecule is O=[N+]([O-])c1ccc(CC2=NNN(c3ccc(I)cc3)N2)cc1. The maximum Gasteiger partial charge on any atom is 0.269 e. The minimum Gasteiger partial charge on any atom is -0.263 e. The van der Waals surface area contributed by atoms with Crippen molar-refractivity contribution in [2.24, 2.45) is 5.10 Å². The molecule has 2 N–H and O–H groups in total. The topological polar surface area (TPSA) is 82.8 Å². The van der Waals surface area contributed by atoms with Crippen LogP contribution in [0.1, 0.15) is 5.56 Å². The van der Waals surface area contributed by atoms with Crippen molar-refractivity contribution in [2.45, 2.75) is 6.42 Å². The van der Waals surface area contributed by atoms with Gasteiger partial charge in [0.25, 0.3) is 5.69 Å². The van der Waals surface area contributed by atoms with Gasteiger partial charge in [-0.3, -0.25) is 15.5 Å². The van der Waals surface area contributed by atoms with E-state index in [2.05, 4.69) is 38.7 Å². The Balaban J connectivity index is 1.63. The number of nitro benzene ring substituents is 1. The van der Waals surface area contributed by atoms with Gasteiger partial charge in [0, 0.05) is 22.1 Å². The summed E-state index contributed by atoms with van der Waals surface area (Å²) in [5, 5.41) is 16.6. The number of anilines is 1. The van der Waals surface area contributed by atoms with Gasteiger partial charge in [0.05, 0.1) is 10.6 Å². The Morgan fingerprint density at radius 3 is 2.45 bits per heavy atom. The fourth-order valence-corrected chi connectivity index (χ4v) is 2.37. The van der Waals surface area contributed by atoms with Crippen LogP contribution >= 0.6 is 22.6 Å². The Hall–Kier alpha value is -2.36. The van der Waals surface area contributed by atoms with Crippen molar-refractivity contribution in [3.8, 4) is 0 Å². The summed E-state index contributed by atoms with van der Waals surface area (Å²) in [6, 6.07) is 14.4. The van der Waals surface area contributed by atoms with Gasteiger partial charge in [0.2, 0.25) is 0 Å². The van der Waals surface area contributed by atoms with E-state index < -0.39 is 4.92 Å². The molecule has 0 bridgehead atoms. The molecule has 0 unspecified atom stereocenters. The average molecular weight is 409 g/mol. The number of hydrazone groups is 1. The van der Waals surface area contributed by atoms with Gasteiger partial charge in [-0.05, 0) is 52.4 Å². The quantitative estimate of drug-likeness (QED) is 0.461. The van der Waals surface area contributed by atoms with Crippen molar-refractivity contribution in [1.29, 1.82) is 0 Å². The second-order valence-electron chi connectivity index (χ2n) is 4.68. The summed E-state index contributed by atoms with van der Waals surface area (Å²) in [6.45, 7) is 0. The molecule has 0 saturated heterocycles. The van der Waals surface area contributed by atoms with Gasteiger partial charge in [-0.2, -0.15) is 10.7 Å². The Bertz CT molecular complexity index is 715. The zero-order valence-electron chi connectivity index (χ0n) is 11.4. The maximum absolute atomic E-state index is 10.6. The van der Waals surface area contributed by atoms with Crippen molar-refractivity contribution >= 4 is 39.8 Å². The maximum atomic E-state index is 10.6. The van der Waals surface area contributed by atoms with Crippen LogP contribution in [0.4, 0.5) is 11.4 Å². The third kappa shape index (κ3) is 3.27. The van der Waals surface area contributed by atoms with Crippen LogP contribution < -0.4 is 16.1 Å². The number of hydrogen-bond donors (Lipinski definition) is 2. The van der Waals surface area contributed by atoms with Gasteiger partial charge >= 0.3 is 0 Å². The minimum atomic E-state index is -0.408. The number of benzene rings is 2. The normalized spacial score (nSPS) is 13.3. The summed E-state index contributed by atoms with van der Waals surface area (Å²) < 4.78 is 1.16. The molecule has 8 heteroatoms. The molecule has 0 aliphatic carbocycles. The predicted octanol–water partition coefficient (Wildman–Crippen LogP) is 2.58. The van der Waals surface area contributed by atoms with Crippen LogP contribution in [0.2, 0.25) is 0 Å². The van der Waals surface area contributed by atoms with E-state index in [4.69, 9.17) is 0 Å². The van der Waals surface area contributed by atoms with E-state index in [0.29, 0.717) is 6.42 Å². The van der Waals surface area contributed by atoms with Gasteiger partial charge in [-0.15, -0.1) is 5.10 Å². The number of rotatable bonds is 4. The van der Waals surface area contributed by atoms with Crippen LogP contribution in [0.3, 0.4) is 0 Å². The molecule has 0 spiro atoms. The van der Waals surface area contributed by atoms with E-state index in [9.17, 15) is 10.1 Å². The molecule has 1 aliphatic rings. The van der Waals surface area contributed by atoms with E-state index in [1.807, 2.05) is 24.3 Å². The van der Waals surface area contributed by atoms with Crippen molar-refractivity contribution in [3.05, 3.63) is 67.8 Å². The molecule has 0 amide bonds. The fraction of sp³-hybridized carbons (Fsp3) is 0.0714. The second kappa shape index (κ2) is 6.18. The first-order valence-electron chi connectivity index (χ1n) is 6.50. The number of nitrogens with zero attached hydrogens (tertiary/aromatic N) is 3. The van der Waals surface area contributed by atoms with Crippen LogP contribution in [-0.4, -0.2) is 10.8 Å². The molecule has 0 aromatic heterocycles. The summed E-state index contributed by atoms with van der Waals surface area (Å²) in [4.78, 5) is 10.2. The number of hydrazine groups is 2. The van der Waals surface area contributed by atoms with Crippen molar-refractivity contribution in [2.75, 3.05) is 5.12 Å². The Morgan fingerprint density at radius 1 is 1.14 bits per heavy atom. The number of amidine groups is 1. The zero-order valence-corrected chi connectivity index (χ0v) is 13.5. The largest absolute Gasteiger partial charge is 0.269 e. The van der Waals surface area contributed by atoms with Gasteiger partial charge in [0.15, 0.2) is 0 Å². The van der Waals surface area contributed by atoms with Gasteiger partial charge in [-0.1, -0.05) is 12.1 Å². The van der Waals surface area contributed by atoms with E-state index in [1.165, 1.54) is 12.1 Å². The summed E-state index contributed by atoms with van der Waals surface area (Å²) in [7, 11) is 0. The third-order valence-corrected chi connectivity index (χ3v) is 3.85. The zero-order chi connectivity index (χ0) is 15.5. The molecule has 0 radical (unpaired) electrons. The van der Waals surface area contributed by atoms with Crippen molar-refractivity contribution in [1.82, 2.24) is 11.0 Å². The van der Waals surface area contributed by atoms with Gasteiger partial charge in [-0.25, -0.2) is 0 Å². The van der Waals surface area contributed by atoms with Crippen molar-refractivity contribution < 1.29 is 4.92 Å². The smallest absolute Gasteiger partial charge is 0.263 e. The van der Waals surface area contributed by atoms with Crippen molar-refractivity contribution in [3.63, 3.8) is 0 Å². The molecule has 2 aromatic rings. The number of halogens is 1. The van der Waals surface area contributed by atoms with Crippen LogP contribution in [0, 0.1) is 13.7 Å². The number of nitro groups is 1. The minimum absolute atomic E-state index is 0.0868. The molecular weight excluding hydrogens is 397 g/mol. The highest BCUT2D eigenvalue weighted by molar-refractivity contribution is 14.1. The fourth-order valence-electron chi connectivity index (χ4n) is 2.01. The van der Waals surface area contributed by atoms with E-state index in [0.717, 1.165) is 20.7 Å². The summed E-state index contributed by atoms with van der Waals surface area (Å²) in [5.41, 5.74) is 8.02. The molecule has 3 rings (SSSR count). The standard InChI is InChI=1S/C14H12IN5O2/c15-11-3-7-12(8-4-11)19-17-14(16-18-19)9-10-1-5-13(6-2-10)20(21)22/h1-8,18H,9H2,(H,16,17). The van der Waals surface area contributed by atoms with Gasteiger partial charge in [0.1, 0.15) is 5.84 Å². The lowest BCUT2D eigenvalue weighted by atomic mass is 10.1. The number of hydrogen-bond acceptors (Lipinski definition) is 6. The molecule has 7 nitrogen and oxygen atoms in total. The molecule has 0 fully saturated rings. The molecule has 0 atom stereocenters. The van der Waals surface area contributed by atoms with E-state index in [-0.39, 0.29) is 5.69 Å². The molecular formula is C14H12IN5O2. The summed E-state index contributed by atoms with van der Waals surface area (Å²) >= 11 is 2.25. The molecule has 1 heterocycles. The first kappa shape index (κ1) is 14.6. The highest BCUT2D eigenvalue weighted by Crippen LogP contribution is 2.16. The van der Waals surface area contributed by atoms with Gasteiger partial charge < -0.3 is 0 Å². The Kier molecular flexibility index (Phi) is 4.09. The van der Waals surface area contributed by atoms with E-state index in [1.54, 1.807) is 17.3 Å². The molecule has 112 valence electrons. The summed E-state index contributed by atoms with van der Waals surface area (Å²) in [5.74, 6) is 0.743. The van der Waals surface area contributed by atoms with Crippen LogP contribution in [0.15, 0.2) is 53.6 Å². The van der Waals surface area contributed by atoms with Crippen LogP contribution in [0.5, 0.6) is 0 Å². The van der Waals surface area contributed by atoms with Crippen LogP contribution in [0.25, 0.3) is 0 Å². The molecule has 0 saturated carbocycles. The highest BCUT2D eigenvalue weighted by Gasteiger charge is 2.15. The van der Waals surface area contributed by atoms with E-state index >= 15 is 0 Å². The second-order valence-corrected chi connectivity index (χ2v) is 5.93. The lowest BCUT2D eigenvalue weighted by molar-refractivity contribution is -0.384. The first-order valence-corrected chi connectivity index (χ1v) is 7.57. The number of nitrogens with one attached hydrogen (secondary N) is 2. The van der Waals surface area contributed by atoms with Crippen LogP contribution in [-0.2, 0) is 6.42 Å². The lowest BCUT2D eigenvalue weighted by Crippen LogP contribution is -2.42. The highest BCUT2D eigenvalue weighted by atomic mass is 127. The monoisotopic (exact) mass is 409 g/mol. The Labute approximate surface area is 140 Å². The average Bonchev–Trinajstić information content (AvgIpc) is 2.97. The molecule has 22 heavy (non-hydrogen) atoms.